The molecule has 110 valence electrons. The lowest BCUT2D eigenvalue weighted by molar-refractivity contribution is 0.0951. The molecular formula is C16H15ClFNO2. The second-order valence-corrected chi connectivity index (χ2v) is 4.91. The van der Waals surface area contributed by atoms with Gasteiger partial charge in [0, 0.05) is 11.6 Å². The van der Waals surface area contributed by atoms with Crippen molar-refractivity contribution in [3.8, 4) is 5.75 Å². The van der Waals surface area contributed by atoms with Crippen LogP contribution in [0.25, 0.3) is 0 Å². The van der Waals surface area contributed by atoms with Crippen LogP contribution in [0.3, 0.4) is 0 Å². The predicted molar refractivity (Wildman–Crippen MR) is 80.4 cm³/mol. The Hall–Kier alpha value is -2.07. The molecule has 0 radical (unpaired) electrons. The van der Waals surface area contributed by atoms with Crippen molar-refractivity contribution < 1.29 is 13.9 Å². The zero-order valence-corrected chi connectivity index (χ0v) is 12.3. The van der Waals surface area contributed by atoms with E-state index in [4.69, 9.17) is 16.3 Å². The Morgan fingerprint density at radius 1 is 1.24 bits per heavy atom. The van der Waals surface area contributed by atoms with Gasteiger partial charge in [-0.2, -0.15) is 0 Å². The quantitative estimate of drug-likeness (QED) is 0.918. The normalized spacial score (nSPS) is 10.2. The highest BCUT2D eigenvalue weighted by Gasteiger charge is 2.12. The molecule has 1 amide bonds. The molecule has 1 N–H and O–H groups in total. The van der Waals surface area contributed by atoms with E-state index in [0.717, 1.165) is 5.56 Å². The molecule has 0 unspecified atom stereocenters. The van der Waals surface area contributed by atoms with E-state index in [1.54, 1.807) is 30.3 Å². The molecular weight excluding hydrogens is 293 g/mol. The molecule has 0 atom stereocenters. The highest BCUT2D eigenvalue weighted by atomic mass is 35.5. The van der Waals surface area contributed by atoms with Crippen LogP contribution in [0.4, 0.5) is 4.39 Å². The summed E-state index contributed by atoms with van der Waals surface area (Å²) in [5.41, 5.74) is 1.35. The molecule has 3 nitrogen and oxygen atoms in total. The summed E-state index contributed by atoms with van der Waals surface area (Å²) in [5.74, 6) is -0.0541. The van der Waals surface area contributed by atoms with Gasteiger partial charge in [-0.1, -0.05) is 23.7 Å². The number of amides is 1. The maximum absolute atomic E-state index is 12.8. The molecule has 0 fully saturated rings. The third kappa shape index (κ3) is 4.20. The van der Waals surface area contributed by atoms with Gasteiger partial charge in [0.05, 0.1) is 12.7 Å². The Balaban J connectivity index is 1.95. The molecule has 21 heavy (non-hydrogen) atoms. The number of halogens is 2. The molecule has 0 saturated heterocycles. The van der Waals surface area contributed by atoms with Crippen molar-refractivity contribution in [1.82, 2.24) is 5.32 Å². The minimum absolute atomic E-state index is 0.253. The van der Waals surface area contributed by atoms with E-state index in [-0.39, 0.29) is 11.7 Å². The molecule has 0 aliphatic rings. The molecule has 0 aromatic heterocycles. The number of methoxy groups -OCH3 is 1. The summed E-state index contributed by atoms with van der Waals surface area (Å²) in [6, 6.07) is 11.1. The third-order valence-corrected chi connectivity index (χ3v) is 3.25. The van der Waals surface area contributed by atoms with Crippen LogP contribution in [0.15, 0.2) is 42.5 Å². The van der Waals surface area contributed by atoms with E-state index < -0.39 is 0 Å². The fraction of sp³-hybridized carbons (Fsp3) is 0.188. The number of carbonyl (C=O) groups is 1. The van der Waals surface area contributed by atoms with Gasteiger partial charge in [0.2, 0.25) is 0 Å². The SMILES string of the molecule is COc1ccc(Cl)cc1C(=O)NCCc1ccc(F)cc1. The number of hydrogen-bond donors (Lipinski definition) is 1. The van der Waals surface area contributed by atoms with Crippen molar-refractivity contribution in [3.63, 3.8) is 0 Å². The molecule has 0 spiro atoms. The lowest BCUT2D eigenvalue weighted by Gasteiger charge is -2.09. The monoisotopic (exact) mass is 307 g/mol. The van der Waals surface area contributed by atoms with Crippen molar-refractivity contribution in [2.75, 3.05) is 13.7 Å². The van der Waals surface area contributed by atoms with Crippen LogP contribution in [-0.4, -0.2) is 19.6 Å². The summed E-state index contributed by atoms with van der Waals surface area (Å²) in [7, 11) is 1.50. The number of hydrogen-bond acceptors (Lipinski definition) is 2. The predicted octanol–water partition coefficient (Wildman–Crippen LogP) is 3.46. The average Bonchev–Trinajstić information content (AvgIpc) is 2.49. The van der Waals surface area contributed by atoms with Crippen molar-refractivity contribution in [1.29, 1.82) is 0 Å². The first-order chi connectivity index (χ1) is 10.1. The summed E-state index contributed by atoms with van der Waals surface area (Å²) in [6.07, 6.45) is 0.620. The zero-order chi connectivity index (χ0) is 15.2. The van der Waals surface area contributed by atoms with Gasteiger partial charge in [-0.15, -0.1) is 0 Å². The zero-order valence-electron chi connectivity index (χ0n) is 11.5. The standard InChI is InChI=1S/C16H15ClFNO2/c1-21-15-7-4-12(17)10-14(15)16(20)19-9-8-11-2-5-13(18)6-3-11/h2-7,10H,8-9H2,1H3,(H,19,20). The maximum atomic E-state index is 12.8. The second-order valence-electron chi connectivity index (χ2n) is 4.48. The van der Waals surface area contributed by atoms with E-state index in [2.05, 4.69) is 5.32 Å². The minimum Gasteiger partial charge on any atom is -0.496 e. The van der Waals surface area contributed by atoms with Gasteiger partial charge in [-0.05, 0) is 42.3 Å². The van der Waals surface area contributed by atoms with E-state index >= 15 is 0 Å². The molecule has 0 heterocycles. The highest BCUT2D eigenvalue weighted by molar-refractivity contribution is 6.31. The first-order valence-electron chi connectivity index (χ1n) is 6.46. The summed E-state index contributed by atoms with van der Waals surface area (Å²) >= 11 is 5.89. The Morgan fingerprint density at radius 3 is 2.62 bits per heavy atom. The van der Waals surface area contributed by atoms with Crippen LogP contribution in [-0.2, 0) is 6.42 Å². The average molecular weight is 308 g/mol. The van der Waals surface area contributed by atoms with E-state index in [9.17, 15) is 9.18 Å². The summed E-state index contributed by atoms with van der Waals surface area (Å²) < 4.78 is 17.9. The lowest BCUT2D eigenvalue weighted by atomic mass is 10.1. The number of ether oxygens (including phenoxy) is 1. The smallest absolute Gasteiger partial charge is 0.255 e. The van der Waals surface area contributed by atoms with E-state index in [1.807, 2.05) is 0 Å². The molecule has 0 aliphatic carbocycles. The lowest BCUT2D eigenvalue weighted by Crippen LogP contribution is -2.26. The van der Waals surface area contributed by atoms with Crippen molar-refractivity contribution in [3.05, 3.63) is 64.4 Å². The Kier molecular flexibility index (Phi) is 5.17. The molecule has 0 bridgehead atoms. The van der Waals surface area contributed by atoms with Crippen LogP contribution in [0, 0.1) is 5.82 Å². The van der Waals surface area contributed by atoms with Crippen molar-refractivity contribution in [2.45, 2.75) is 6.42 Å². The fourth-order valence-corrected chi connectivity index (χ4v) is 2.10. The summed E-state index contributed by atoms with van der Waals surface area (Å²) in [6.45, 7) is 0.445. The van der Waals surface area contributed by atoms with Crippen LogP contribution >= 0.6 is 11.6 Å². The molecule has 5 heteroatoms. The first kappa shape index (κ1) is 15.3. The topological polar surface area (TPSA) is 38.3 Å². The van der Waals surface area contributed by atoms with E-state index in [1.165, 1.54) is 19.2 Å². The Labute approximate surface area is 127 Å². The van der Waals surface area contributed by atoms with Gasteiger partial charge in [-0.3, -0.25) is 4.79 Å². The van der Waals surface area contributed by atoms with Gasteiger partial charge in [0.1, 0.15) is 11.6 Å². The second kappa shape index (κ2) is 7.09. The van der Waals surface area contributed by atoms with Gasteiger partial charge in [-0.25, -0.2) is 4.39 Å². The summed E-state index contributed by atoms with van der Waals surface area (Å²) in [4.78, 5) is 12.1. The molecule has 0 saturated carbocycles. The van der Waals surface area contributed by atoms with Gasteiger partial charge < -0.3 is 10.1 Å². The van der Waals surface area contributed by atoms with Gasteiger partial charge in [0.25, 0.3) is 5.91 Å². The van der Waals surface area contributed by atoms with Gasteiger partial charge in [0.15, 0.2) is 0 Å². The molecule has 2 rings (SSSR count). The van der Waals surface area contributed by atoms with Gasteiger partial charge >= 0.3 is 0 Å². The number of carbonyl (C=O) groups excluding carboxylic acids is 1. The highest BCUT2D eigenvalue weighted by Crippen LogP contribution is 2.22. The molecule has 0 aliphatic heterocycles. The van der Waals surface area contributed by atoms with E-state index in [0.29, 0.717) is 29.3 Å². The number of benzene rings is 2. The molecule has 2 aromatic rings. The Bertz CT molecular complexity index is 629. The minimum atomic E-state index is -0.272. The van der Waals surface area contributed by atoms with Crippen LogP contribution < -0.4 is 10.1 Å². The summed E-state index contributed by atoms with van der Waals surface area (Å²) in [5, 5.41) is 3.26. The van der Waals surface area contributed by atoms with Crippen LogP contribution in [0.1, 0.15) is 15.9 Å². The number of nitrogens with one attached hydrogen (secondary N) is 1. The number of rotatable bonds is 5. The fourth-order valence-electron chi connectivity index (χ4n) is 1.92. The van der Waals surface area contributed by atoms with Crippen molar-refractivity contribution in [2.24, 2.45) is 0 Å². The van der Waals surface area contributed by atoms with Crippen molar-refractivity contribution >= 4 is 17.5 Å². The van der Waals surface area contributed by atoms with Crippen LogP contribution in [0.5, 0.6) is 5.75 Å². The first-order valence-corrected chi connectivity index (χ1v) is 6.84. The largest absolute Gasteiger partial charge is 0.496 e. The molecule has 2 aromatic carbocycles. The van der Waals surface area contributed by atoms with Crippen LogP contribution in [0.2, 0.25) is 5.02 Å². The third-order valence-electron chi connectivity index (χ3n) is 3.02. The maximum Gasteiger partial charge on any atom is 0.255 e. The Morgan fingerprint density at radius 2 is 1.95 bits per heavy atom.